The molecular formula is C11H12N2O2. The van der Waals surface area contributed by atoms with E-state index >= 15 is 0 Å². The van der Waals surface area contributed by atoms with E-state index in [0.29, 0.717) is 0 Å². The van der Waals surface area contributed by atoms with Gasteiger partial charge in [-0.25, -0.2) is 0 Å². The number of H-pyrrole nitrogens is 1. The number of nitrogens with two attached hydrogens (primary N) is 1. The molecule has 1 atom stereocenters. The van der Waals surface area contributed by atoms with Crippen LogP contribution in [0.4, 0.5) is 0 Å². The van der Waals surface area contributed by atoms with Gasteiger partial charge in [-0.2, -0.15) is 0 Å². The molecule has 4 N–H and O–H groups in total. The first-order chi connectivity index (χ1) is 7.24. The van der Waals surface area contributed by atoms with E-state index in [9.17, 15) is 4.79 Å². The van der Waals surface area contributed by atoms with E-state index < -0.39 is 11.9 Å². The Kier molecular flexibility index (Phi) is 2.43. The van der Waals surface area contributed by atoms with Crippen LogP contribution in [0, 0.1) is 0 Å². The Bertz CT molecular complexity index is 490. The lowest BCUT2D eigenvalue weighted by atomic mass is 9.99. The van der Waals surface area contributed by atoms with E-state index in [2.05, 4.69) is 4.98 Å². The summed E-state index contributed by atoms with van der Waals surface area (Å²) < 4.78 is 0. The highest BCUT2D eigenvalue weighted by atomic mass is 16.4. The van der Waals surface area contributed by atoms with Crippen molar-refractivity contribution in [2.45, 2.75) is 5.92 Å². The van der Waals surface area contributed by atoms with E-state index in [1.54, 1.807) is 6.20 Å². The first-order valence-electron chi connectivity index (χ1n) is 4.73. The number of carboxylic acid groups (broad SMARTS) is 1. The molecule has 1 heterocycles. The molecule has 2 rings (SSSR count). The van der Waals surface area contributed by atoms with E-state index in [1.807, 2.05) is 24.3 Å². The van der Waals surface area contributed by atoms with Crippen molar-refractivity contribution in [1.82, 2.24) is 4.98 Å². The molecule has 0 spiro atoms. The molecule has 0 radical (unpaired) electrons. The van der Waals surface area contributed by atoms with E-state index in [-0.39, 0.29) is 6.54 Å². The smallest absolute Gasteiger partial charge is 0.312 e. The summed E-state index contributed by atoms with van der Waals surface area (Å²) in [5, 5.41) is 9.94. The van der Waals surface area contributed by atoms with Crippen molar-refractivity contribution < 1.29 is 9.90 Å². The lowest BCUT2D eigenvalue weighted by Gasteiger charge is -2.07. The summed E-state index contributed by atoms with van der Waals surface area (Å²) in [7, 11) is 0. The summed E-state index contributed by atoms with van der Waals surface area (Å²) in [6.07, 6.45) is 1.72. The number of carboxylic acids is 1. The summed E-state index contributed by atoms with van der Waals surface area (Å²) >= 11 is 0. The Hall–Kier alpha value is -1.81. The number of rotatable bonds is 3. The molecule has 4 heteroatoms. The average Bonchev–Trinajstić information content (AvgIpc) is 2.63. The van der Waals surface area contributed by atoms with Gasteiger partial charge in [-0.05, 0) is 11.6 Å². The van der Waals surface area contributed by atoms with Crippen LogP contribution in [0.15, 0.2) is 30.5 Å². The van der Waals surface area contributed by atoms with Gasteiger partial charge >= 0.3 is 5.97 Å². The second-order valence-electron chi connectivity index (χ2n) is 3.42. The van der Waals surface area contributed by atoms with Crippen LogP contribution >= 0.6 is 0 Å². The largest absolute Gasteiger partial charge is 0.481 e. The van der Waals surface area contributed by atoms with Crippen LogP contribution in [0.1, 0.15) is 11.5 Å². The zero-order valence-electron chi connectivity index (χ0n) is 8.10. The molecular weight excluding hydrogens is 192 g/mol. The van der Waals surface area contributed by atoms with Crippen molar-refractivity contribution in [3.05, 3.63) is 36.0 Å². The minimum absolute atomic E-state index is 0.108. The summed E-state index contributed by atoms with van der Waals surface area (Å²) in [6, 6.07) is 7.59. The Morgan fingerprint density at radius 1 is 1.47 bits per heavy atom. The number of para-hydroxylation sites is 1. The Morgan fingerprint density at radius 3 is 2.87 bits per heavy atom. The number of benzene rings is 1. The van der Waals surface area contributed by atoms with Crippen molar-refractivity contribution in [2.75, 3.05) is 6.54 Å². The second-order valence-corrected chi connectivity index (χ2v) is 3.42. The maximum Gasteiger partial charge on any atom is 0.312 e. The van der Waals surface area contributed by atoms with Crippen LogP contribution in [0.5, 0.6) is 0 Å². The highest BCUT2D eigenvalue weighted by Crippen LogP contribution is 2.24. The monoisotopic (exact) mass is 204 g/mol. The number of fused-ring (bicyclic) bond motifs is 1. The van der Waals surface area contributed by atoms with Crippen molar-refractivity contribution >= 4 is 16.9 Å². The third-order valence-electron chi connectivity index (χ3n) is 2.53. The van der Waals surface area contributed by atoms with Gasteiger partial charge in [0.2, 0.25) is 0 Å². The van der Waals surface area contributed by atoms with Crippen LogP contribution in [0.3, 0.4) is 0 Å². The maximum absolute atomic E-state index is 11.0. The molecule has 0 amide bonds. The number of aliphatic carboxylic acids is 1. The minimum Gasteiger partial charge on any atom is -0.481 e. The topological polar surface area (TPSA) is 79.1 Å². The highest BCUT2D eigenvalue weighted by molar-refractivity contribution is 5.89. The standard InChI is InChI=1S/C11H12N2O2/c12-5-8(11(14)15)9-6-13-10-4-2-1-3-7(9)10/h1-4,6,8,13H,5,12H2,(H,14,15). The second kappa shape index (κ2) is 3.74. The van der Waals surface area contributed by atoms with E-state index in [0.717, 1.165) is 16.5 Å². The molecule has 0 fully saturated rings. The van der Waals surface area contributed by atoms with Gasteiger partial charge in [0.15, 0.2) is 0 Å². The van der Waals surface area contributed by atoms with Gasteiger partial charge < -0.3 is 15.8 Å². The van der Waals surface area contributed by atoms with Crippen molar-refractivity contribution in [2.24, 2.45) is 5.73 Å². The van der Waals surface area contributed by atoms with Gasteiger partial charge in [-0.15, -0.1) is 0 Å². The normalized spacial score (nSPS) is 12.9. The molecule has 0 aliphatic heterocycles. The zero-order valence-corrected chi connectivity index (χ0v) is 8.10. The predicted octanol–water partition coefficient (Wildman–Crippen LogP) is 1.29. The zero-order chi connectivity index (χ0) is 10.8. The first kappa shape index (κ1) is 9.73. The predicted molar refractivity (Wildman–Crippen MR) is 57.7 cm³/mol. The van der Waals surface area contributed by atoms with Gasteiger partial charge in [0.1, 0.15) is 0 Å². The van der Waals surface area contributed by atoms with E-state index in [4.69, 9.17) is 10.8 Å². The molecule has 0 aliphatic carbocycles. The van der Waals surface area contributed by atoms with E-state index in [1.165, 1.54) is 0 Å². The molecule has 0 saturated carbocycles. The molecule has 78 valence electrons. The molecule has 0 aliphatic rings. The molecule has 0 bridgehead atoms. The van der Waals surface area contributed by atoms with Gasteiger partial charge in [0.25, 0.3) is 0 Å². The summed E-state index contributed by atoms with van der Waals surface area (Å²) in [6.45, 7) is 0.108. The Labute approximate surface area is 86.7 Å². The van der Waals surface area contributed by atoms with Crippen LogP contribution in [0.25, 0.3) is 10.9 Å². The Morgan fingerprint density at radius 2 is 2.20 bits per heavy atom. The fourth-order valence-electron chi connectivity index (χ4n) is 1.74. The molecule has 2 aromatic rings. The number of hydrogen-bond donors (Lipinski definition) is 3. The minimum atomic E-state index is -0.887. The molecule has 1 aromatic heterocycles. The SMILES string of the molecule is NCC(C(=O)O)c1c[nH]c2ccccc12. The van der Waals surface area contributed by atoms with Crippen LogP contribution in [-0.4, -0.2) is 22.6 Å². The summed E-state index contributed by atoms with van der Waals surface area (Å²) in [5.74, 6) is -1.52. The van der Waals surface area contributed by atoms with Crippen LogP contribution < -0.4 is 5.73 Å². The van der Waals surface area contributed by atoms with Crippen molar-refractivity contribution in [3.63, 3.8) is 0 Å². The first-order valence-corrected chi connectivity index (χ1v) is 4.73. The third kappa shape index (κ3) is 1.59. The molecule has 1 unspecified atom stereocenters. The van der Waals surface area contributed by atoms with Gasteiger partial charge in [-0.3, -0.25) is 4.79 Å². The molecule has 0 saturated heterocycles. The summed E-state index contributed by atoms with van der Waals surface area (Å²) in [4.78, 5) is 14.0. The maximum atomic E-state index is 11.0. The third-order valence-corrected chi connectivity index (χ3v) is 2.53. The van der Waals surface area contributed by atoms with Gasteiger partial charge in [-0.1, -0.05) is 18.2 Å². The quantitative estimate of drug-likeness (QED) is 0.705. The highest BCUT2D eigenvalue weighted by Gasteiger charge is 2.20. The number of nitrogens with one attached hydrogen (secondary N) is 1. The van der Waals surface area contributed by atoms with Crippen LogP contribution in [0.2, 0.25) is 0 Å². The molecule has 15 heavy (non-hydrogen) atoms. The molecule has 1 aromatic carbocycles. The molecule has 4 nitrogen and oxygen atoms in total. The van der Waals surface area contributed by atoms with Gasteiger partial charge in [0.05, 0.1) is 5.92 Å². The lowest BCUT2D eigenvalue weighted by Crippen LogP contribution is -2.20. The Balaban J connectivity index is 2.55. The average molecular weight is 204 g/mol. The van der Waals surface area contributed by atoms with Crippen molar-refractivity contribution in [1.29, 1.82) is 0 Å². The number of carbonyl (C=O) groups is 1. The fraction of sp³-hybridized carbons (Fsp3) is 0.182. The number of aromatic nitrogens is 1. The van der Waals surface area contributed by atoms with Gasteiger partial charge in [0, 0.05) is 23.6 Å². The van der Waals surface area contributed by atoms with Crippen LogP contribution in [-0.2, 0) is 4.79 Å². The van der Waals surface area contributed by atoms with Crippen molar-refractivity contribution in [3.8, 4) is 0 Å². The number of hydrogen-bond acceptors (Lipinski definition) is 2. The summed E-state index contributed by atoms with van der Waals surface area (Å²) in [5.41, 5.74) is 7.15. The fourth-order valence-corrected chi connectivity index (χ4v) is 1.74. The number of aromatic amines is 1. The lowest BCUT2D eigenvalue weighted by molar-refractivity contribution is -0.138.